The van der Waals surface area contributed by atoms with Crippen LogP contribution in [0, 0.1) is 0 Å². The number of aromatic nitrogens is 2. The number of hydrogen-bond acceptors (Lipinski definition) is 3. The van der Waals surface area contributed by atoms with Gasteiger partial charge in [0, 0.05) is 31.4 Å². The van der Waals surface area contributed by atoms with Crippen LogP contribution in [0.15, 0.2) is 12.4 Å². The fourth-order valence-corrected chi connectivity index (χ4v) is 2.40. The quantitative estimate of drug-likeness (QED) is 0.829. The Hall–Kier alpha value is -0.880. The summed E-state index contributed by atoms with van der Waals surface area (Å²) in [5.41, 5.74) is 0. The summed E-state index contributed by atoms with van der Waals surface area (Å²) in [5.74, 6) is 1.68. The van der Waals surface area contributed by atoms with Crippen LogP contribution in [0.2, 0.25) is 0 Å². The largest absolute Gasteiger partial charge is 0.333 e. The highest BCUT2D eigenvalue weighted by Crippen LogP contribution is 2.38. The van der Waals surface area contributed by atoms with Crippen molar-refractivity contribution in [1.82, 2.24) is 14.3 Å². The second-order valence-corrected chi connectivity index (χ2v) is 7.06. The number of hydrogen-bond donors (Lipinski definition) is 1. The van der Waals surface area contributed by atoms with E-state index in [0.717, 1.165) is 5.82 Å². The summed E-state index contributed by atoms with van der Waals surface area (Å²) in [7, 11) is -3.15. The number of imidazole rings is 1. The fraction of sp³-hybridized carbons (Fsp3) is 0.727. The van der Waals surface area contributed by atoms with Gasteiger partial charge in [0.25, 0.3) is 0 Å². The van der Waals surface area contributed by atoms with E-state index in [0.29, 0.717) is 19.0 Å². The van der Waals surface area contributed by atoms with Crippen LogP contribution in [0.1, 0.15) is 38.4 Å². The van der Waals surface area contributed by atoms with Gasteiger partial charge in [0.2, 0.25) is 10.0 Å². The number of rotatable bonds is 6. The SMILES string of the molecule is CC(C)S(=O)(=O)NCCn1ccnc1C1CC1. The molecule has 1 saturated carbocycles. The Morgan fingerprint density at radius 2 is 2.24 bits per heavy atom. The van der Waals surface area contributed by atoms with E-state index >= 15 is 0 Å². The van der Waals surface area contributed by atoms with E-state index in [4.69, 9.17) is 0 Å². The van der Waals surface area contributed by atoms with Gasteiger partial charge < -0.3 is 4.57 Å². The van der Waals surface area contributed by atoms with Gasteiger partial charge in [0.05, 0.1) is 5.25 Å². The van der Waals surface area contributed by atoms with Gasteiger partial charge in [-0.1, -0.05) is 0 Å². The van der Waals surface area contributed by atoms with Crippen molar-refractivity contribution in [3.05, 3.63) is 18.2 Å². The van der Waals surface area contributed by atoms with Gasteiger partial charge in [-0.2, -0.15) is 0 Å². The summed E-state index contributed by atoms with van der Waals surface area (Å²) >= 11 is 0. The maximum atomic E-state index is 11.6. The fourth-order valence-electron chi connectivity index (χ4n) is 1.69. The Kier molecular flexibility index (Phi) is 3.53. The molecular formula is C11H19N3O2S. The molecule has 0 atom stereocenters. The number of sulfonamides is 1. The van der Waals surface area contributed by atoms with Gasteiger partial charge in [0.1, 0.15) is 5.82 Å². The van der Waals surface area contributed by atoms with Gasteiger partial charge in [-0.15, -0.1) is 0 Å². The molecule has 0 radical (unpaired) electrons. The van der Waals surface area contributed by atoms with Crippen LogP contribution in [-0.2, 0) is 16.6 Å². The Morgan fingerprint density at radius 3 is 2.82 bits per heavy atom. The Morgan fingerprint density at radius 1 is 1.53 bits per heavy atom. The molecule has 5 nitrogen and oxygen atoms in total. The molecule has 2 rings (SSSR count). The van der Waals surface area contributed by atoms with Crippen molar-refractivity contribution in [1.29, 1.82) is 0 Å². The Labute approximate surface area is 102 Å². The van der Waals surface area contributed by atoms with E-state index in [2.05, 4.69) is 9.71 Å². The highest BCUT2D eigenvalue weighted by Gasteiger charge is 2.27. The van der Waals surface area contributed by atoms with Crippen molar-refractivity contribution in [2.75, 3.05) is 6.54 Å². The average Bonchev–Trinajstić information content (AvgIpc) is 2.99. The van der Waals surface area contributed by atoms with Crippen molar-refractivity contribution in [2.24, 2.45) is 0 Å². The first-order valence-corrected chi connectivity index (χ1v) is 7.55. The molecule has 0 bridgehead atoms. The van der Waals surface area contributed by atoms with E-state index in [9.17, 15) is 8.42 Å². The molecule has 0 aliphatic heterocycles. The van der Waals surface area contributed by atoms with Crippen LogP contribution in [0.5, 0.6) is 0 Å². The molecule has 1 aromatic heterocycles. The zero-order valence-electron chi connectivity index (χ0n) is 10.3. The van der Waals surface area contributed by atoms with E-state index in [1.54, 1.807) is 20.0 Å². The lowest BCUT2D eigenvalue weighted by atomic mass is 10.4. The summed E-state index contributed by atoms with van der Waals surface area (Å²) < 4.78 is 27.8. The number of nitrogens with zero attached hydrogens (tertiary/aromatic N) is 2. The predicted molar refractivity (Wildman–Crippen MR) is 66.3 cm³/mol. The summed E-state index contributed by atoms with van der Waals surface area (Å²) in [4.78, 5) is 4.31. The van der Waals surface area contributed by atoms with Gasteiger partial charge in [-0.25, -0.2) is 18.1 Å². The first-order chi connectivity index (χ1) is 8.00. The van der Waals surface area contributed by atoms with Gasteiger partial charge in [-0.05, 0) is 26.7 Å². The normalized spacial score (nSPS) is 16.6. The lowest BCUT2D eigenvalue weighted by Gasteiger charge is -2.11. The Balaban J connectivity index is 1.88. The molecule has 0 saturated heterocycles. The maximum absolute atomic E-state index is 11.6. The monoisotopic (exact) mass is 257 g/mol. The van der Waals surface area contributed by atoms with Crippen LogP contribution in [0.4, 0.5) is 0 Å². The molecule has 6 heteroatoms. The molecule has 1 heterocycles. The van der Waals surface area contributed by atoms with Crippen molar-refractivity contribution in [3.8, 4) is 0 Å². The highest BCUT2D eigenvalue weighted by atomic mass is 32.2. The van der Waals surface area contributed by atoms with Crippen LogP contribution in [0.25, 0.3) is 0 Å². The molecule has 17 heavy (non-hydrogen) atoms. The van der Waals surface area contributed by atoms with E-state index in [1.165, 1.54) is 12.8 Å². The standard InChI is InChI=1S/C11H19N3O2S/c1-9(2)17(15,16)13-6-8-14-7-5-12-11(14)10-3-4-10/h5,7,9-10,13H,3-4,6,8H2,1-2H3. The molecule has 0 unspecified atom stereocenters. The minimum atomic E-state index is -3.15. The topological polar surface area (TPSA) is 64.0 Å². The van der Waals surface area contributed by atoms with Crippen molar-refractivity contribution < 1.29 is 8.42 Å². The predicted octanol–water partition coefficient (Wildman–Crippen LogP) is 1.09. The molecule has 1 N–H and O–H groups in total. The molecule has 1 aromatic rings. The van der Waals surface area contributed by atoms with Crippen LogP contribution in [0.3, 0.4) is 0 Å². The first-order valence-electron chi connectivity index (χ1n) is 6.00. The van der Waals surface area contributed by atoms with Crippen LogP contribution in [-0.4, -0.2) is 29.8 Å². The second-order valence-electron chi connectivity index (χ2n) is 4.74. The molecule has 1 fully saturated rings. The molecule has 0 aromatic carbocycles. The first kappa shape index (κ1) is 12.6. The van der Waals surface area contributed by atoms with Crippen molar-refractivity contribution in [3.63, 3.8) is 0 Å². The molecule has 1 aliphatic carbocycles. The summed E-state index contributed by atoms with van der Waals surface area (Å²) in [6, 6.07) is 0. The van der Waals surface area contributed by atoms with Crippen molar-refractivity contribution in [2.45, 2.75) is 44.4 Å². The molecular weight excluding hydrogens is 238 g/mol. The third-order valence-electron chi connectivity index (χ3n) is 2.97. The molecule has 96 valence electrons. The van der Waals surface area contributed by atoms with Crippen LogP contribution < -0.4 is 4.72 Å². The van der Waals surface area contributed by atoms with E-state index in [-0.39, 0.29) is 5.25 Å². The lowest BCUT2D eigenvalue weighted by Crippen LogP contribution is -2.33. The van der Waals surface area contributed by atoms with Crippen LogP contribution >= 0.6 is 0 Å². The highest BCUT2D eigenvalue weighted by molar-refractivity contribution is 7.90. The lowest BCUT2D eigenvalue weighted by molar-refractivity contribution is 0.561. The zero-order chi connectivity index (χ0) is 12.5. The minimum absolute atomic E-state index is 0.381. The minimum Gasteiger partial charge on any atom is -0.333 e. The third kappa shape index (κ3) is 3.07. The van der Waals surface area contributed by atoms with Gasteiger partial charge >= 0.3 is 0 Å². The van der Waals surface area contributed by atoms with E-state index in [1.807, 2.05) is 10.8 Å². The molecule has 1 aliphatic rings. The maximum Gasteiger partial charge on any atom is 0.213 e. The third-order valence-corrected chi connectivity index (χ3v) is 4.81. The summed E-state index contributed by atoms with van der Waals surface area (Å²) in [6.45, 7) is 4.43. The second kappa shape index (κ2) is 4.78. The van der Waals surface area contributed by atoms with E-state index < -0.39 is 10.0 Å². The van der Waals surface area contributed by atoms with Crippen molar-refractivity contribution >= 4 is 10.0 Å². The zero-order valence-corrected chi connectivity index (χ0v) is 11.1. The Bertz CT molecular complexity index is 475. The summed E-state index contributed by atoms with van der Waals surface area (Å²) in [6.07, 6.45) is 6.10. The average molecular weight is 257 g/mol. The molecule has 0 amide bonds. The van der Waals surface area contributed by atoms with Gasteiger partial charge in [-0.3, -0.25) is 0 Å². The number of nitrogens with one attached hydrogen (secondary N) is 1. The smallest absolute Gasteiger partial charge is 0.213 e. The van der Waals surface area contributed by atoms with Gasteiger partial charge in [0.15, 0.2) is 0 Å². The molecule has 0 spiro atoms. The summed E-state index contributed by atoms with van der Waals surface area (Å²) in [5, 5.41) is -0.381.